The van der Waals surface area contributed by atoms with Crippen molar-refractivity contribution in [3.63, 3.8) is 0 Å². The standard InChI is InChI=1S/C38H30Cl2N4O2/c1-22-11-16-27(19-22)46-38-30(10-5-17-41-38)43-37(45)34-33-32-29(20-26(40)21-31(32)42-34)35(24-12-14-25(39)15-13-24)44-18-6-9-28(36(33)44)23-7-3-2-4-8-23/h2-5,7-10,12-15,17-18,20-22,27,35,42H,11,16,19H2,1H3,(H,43,45). The number of nitrogens with zero attached hydrogens (tertiary/aromatic N) is 2. The molecule has 1 aliphatic carbocycles. The van der Waals surface area contributed by atoms with E-state index in [1.54, 1.807) is 12.3 Å². The molecule has 8 rings (SSSR count). The van der Waals surface area contributed by atoms with E-state index in [2.05, 4.69) is 45.0 Å². The maximum atomic E-state index is 14.4. The van der Waals surface area contributed by atoms with Gasteiger partial charge in [0.2, 0.25) is 5.88 Å². The fourth-order valence-corrected chi connectivity index (χ4v) is 7.40. The Morgan fingerprint density at radius 3 is 2.63 bits per heavy atom. The third-order valence-corrected chi connectivity index (χ3v) is 9.57. The number of hydrogen-bond donors (Lipinski definition) is 2. The predicted octanol–water partition coefficient (Wildman–Crippen LogP) is 9.65. The molecule has 228 valence electrons. The van der Waals surface area contributed by atoms with E-state index in [4.69, 9.17) is 27.9 Å². The van der Waals surface area contributed by atoms with E-state index in [1.807, 2.05) is 72.9 Å². The van der Waals surface area contributed by atoms with E-state index in [9.17, 15) is 4.79 Å². The normalized spacial score (nSPS) is 19.9. The third-order valence-electron chi connectivity index (χ3n) is 9.10. The molecule has 1 saturated carbocycles. The first-order valence-corrected chi connectivity index (χ1v) is 16.2. The van der Waals surface area contributed by atoms with Gasteiger partial charge in [-0.1, -0.05) is 72.6 Å². The van der Waals surface area contributed by atoms with Gasteiger partial charge in [0, 0.05) is 44.5 Å². The van der Waals surface area contributed by atoms with Crippen LogP contribution in [0.3, 0.4) is 0 Å². The molecule has 3 aromatic carbocycles. The van der Waals surface area contributed by atoms with Crippen LogP contribution in [0.1, 0.15) is 65.0 Å². The zero-order valence-electron chi connectivity index (χ0n) is 25.1. The van der Waals surface area contributed by atoms with Gasteiger partial charge < -0.3 is 19.9 Å². The fraction of sp³-hybridized carbons (Fsp3) is 0.184. The lowest BCUT2D eigenvalue weighted by molar-refractivity contribution is 0.102. The highest BCUT2D eigenvalue weighted by molar-refractivity contribution is 6.32. The van der Waals surface area contributed by atoms with Crippen molar-refractivity contribution in [1.29, 1.82) is 0 Å². The number of hydrogen-bond acceptors (Lipinski definition) is 4. The molecule has 3 atom stereocenters. The Morgan fingerprint density at radius 1 is 1.02 bits per heavy atom. The van der Waals surface area contributed by atoms with Gasteiger partial charge in [-0.2, -0.15) is 0 Å². The Balaban J connectivity index is 1.31. The number of anilines is 1. The molecule has 0 spiro atoms. The van der Waals surface area contributed by atoms with Gasteiger partial charge in [0.15, 0.2) is 0 Å². The number of nitrogens with one attached hydrogen (secondary N) is 2. The van der Waals surface area contributed by atoms with Crippen LogP contribution in [0, 0.1) is 5.92 Å². The number of aromatic amines is 1. The number of halogens is 2. The Morgan fingerprint density at radius 2 is 1.85 bits per heavy atom. The molecule has 2 aromatic heterocycles. The second-order valence-corrected chi connectivity index (χ2v) is 13.1. The van der Waals surface area contributed by atoms with Gasteiger partial charge in [-0.15, -0.1) is 5.73 Å². The maximum absolute atomic E-state index is 14.4. The number of H-pyrrole nitrogens is 1. The van der Waals surface area contributed by atoms with Crippen LogP contribution >= 0.6 is 23.2 Å². The van der Waals surface area contributed by atoms with E-state index in [0.717, 1.165) is 63.7 Å². The van der Waals surface area contributed by atoms with Crippen molar-refractivity contribution in [3.8, 4) is 5.88 Å². The van der Waals surface area contributed by atoms with Gasteiger partial charge in [-0.25, -0.2) is 4.98 Å². The molecule has 3 aliphatic rings. The Hall–Kier alpha value is -4.74. The van der Waals surface area contributed by atoms with E-state index in [0.29, 0.717) is 33.2 Å². The second kappa shape index (κ2) is 11.6. The lowest BCUT2D eigenvalue weighted by Crippen LogP contribution is -2.29. The van der Waals surface area contributed by atoms with Gasteiger partial charge >= 0.3 is 0 Å². The van der Waals surface area contributed by atoms with Gasteiger partial charge in [0.25, 0.3) is 5.91 Å². The van der Waals surface area contributed by atoms with Crippen LogP contribution < -0.4 is 10.1 Å². The molecule has 0 bridgehead atoms. The van der Waals surface area contributed by atoms with Crippen LogP contribution in [0.15, 0.2) is 103 Å². The molecule has 1 amide bonds. The summed E-state index contributed by atoms with van der Waals surface area (Å²) in [6, 6.07) is 25.3. The van der Waals surface area contributed by atoms with E-state index in [-0.39, 0.29) is 18.1 Å². The summed E-state index contributed by atoms with van der Waals surface area (Å²) in [5, 5.41) is 5.30. The van der Waals surface area contributed by atoms with E-state index < -0.39 is 0 Å². The number of benzene rings is 3. The van der Waals surface area contributed by atoms with Gasteiger partial charge in [-0.05, 0) is 84.3 Å². The van der Waals surface area contributed by atoms with Crippen molar-refractivity contribution in [3.05, 3.63) is 141 Å². The summed E-state index contributed by atoms with van der Waals surface area (Å²) in [5.74, 6) is 0.743. The number of amides is 1. The molecule has 0 saturated heterocycles. The average Bonchev–Trinajstić information content (AvgIpc) is 3.66. The van der Waals surface area contributed by atoms with E-state index in [1.165, 1.54) is 0 Å². The molecule has 46 heavy (non-hydrogen) atoms. The number of aromatic nitrogens is 2. The summed E-state index contributed by atoms with van der Waals surface area (Å²) in [5.41, 5.74) is 10.8. The summed E-state index contributed by atoms with van der Waals surface area (Å²) >= 11 is 13.1. The molecule has 4 heterocycles. The minimum absolute atomic E-state index is 0.0808. The lowest BCUT2D eigenvalue weighted by Gasteiger charge is -2.39. The van der Waals surface area contributed by atoms with Gasteiger partial charge in [-0.3, -0.25) is 4.79 Å². The molecule has 6 nitrogen and oxygen atoms in total. The van der Waals surface area contributed by atoms with Crippen LogP contribution in [-0.2, 0) is 0 Å². The first-order chi connectivity index (χ1) is 22.4. The minimum atomic E-state index is -0.297. The Bertz CT molecular complexity index is 2090. The smallest absolute Gasteiger partial charge is 0.272 e. The molecule has 8 heteroatoms. The summed E-state index contributed by atoms with van der Waals surface area (Å²) in [6.07, 6.45) is 8.77. The molecule has 0 radical (unpaired) electrons. The first-order valence-electron chi connectivity index (χ1n) is 15.5. The first kappa shape index (κ1) is 28.7. The summed E-state index contributed by atoms with van der Waals surface area (Å²) < 4.78 is 6.31. The van der Waals surface area contributed by atoms with Crippen LogP contribution in [0.25, 0.3) is 22.2 Å². The SMILES string of the molecule is CC1CCC(Oc2ncccc2NC(=O)c2[nH]c3cc(Cl)cc4c3c2C2=C(c3ccccc3)C=C=CN2C4c2ccc(Cl)cc2)C1. The average molecular weight is 646 g/mol. The minimum Gasteiger partial charge on any atom is -0.473 e. The second-order valence-electron chi connectivity index (χ2n) is 12.2. The molecule has 3 unspecified atom stereocenters. The van der Waals surface area contributed by atoms with Crippen LogP contribution in [0.5, 0.6) is 5.88 Å². The number of carbonyl (C=O) groups is 1. The quantitative estimate of drug-likeness (QED) is 0.181. The topological polar surface area (TPSA) is 70.2 Å². The zero-order valence-corrected chi connectivity index (χ0v) is 26.6. The monoisotopic (exact) mass is 644 g/mol. The Labute approximate surface area is 277 Å². The third kappa shape index (κ3) is 5.00. The van der Waals surface area contributed by atoms with Gasteiger partial charge in [0.05, 0.1) is 11.7 Å². The molecule has 2 aliphatic heterocycles. The van der Waals surface area contributed by atoms with Crippen molar-refractivity contribution < 1.29 is 9.53 Å². The lowest BCUT2D eigenvalue weighted by atomic mass is 9.84. The molecule has 5 aromatic rings. The fourth-order valence-electron chi connectivity index (χ4n) is 7.05. The largest absolute Gasteiger partial charge is 0.473 e. The summed E-state index contributed by atoms with van der Waals surface area (Å²) in [6.45, 7) is 2.24. The van der Waals surface area contributed by atoms with Crippen molar-refractivity contribution in [2.24, 2.45) is 5.92 Å². The highest BCUT2D eigenvalue weighted by atomic mass is 35.5. The van der Waals surface area contributed by atoms with Crippen molar-refractivity contribution in [2.45, 2.75) is 38.3 Å². The van der Waals surface area contributed by atoms with E-state index >= 15 is 0 Å². The predicted molar refractivity (Wildman–Crippen MR) is 184 cm³/mol. The molecule has 1 fully saturated rings. The van der Waals surface area contributed by atoms with Gasteiger partial charge in [0.1, 0.15) is 17.5 Å². The van der Waals surface area contributed by atoms with Crippen LogP contribution in [-0.4, -0.2) is 26.9 Å². The molecule has 2 N–H and O–H groups in total. The number of ether oxygens (including phenoxy) is 1. The summed E-state index contributed by atoms with van der Waals surface area (Å²) in [4.78, 5) is 24.5. The molecular formula is C38H30Cl2N4O2. The van der Waals surface area contributed by atoms with Crippen LogP contribution in [0.2, 0.25) is 10.0 Å². The highest BCUT2D eigenvalue weighted by Gasteiger charge is 2.39. The number of pyridine rings is 1. The van der Waals surface area contributed by atoms with Crippen molar-refractivity contribution in [1.82, 2.24) is 14.9 Å². The highest BCUT2D eigenvalue weighted by Crippen LogP contribution is 2.51. The number of allylic oxidation sites excluding steroid dienone is 2. The summed E-state index contributed by atoms with van der Waals surface area (Å²) in [7, 11) is 0. The number of fused-ring (bicyclic) bond motifs is 2. The molecular weight excluding hydrogens is 615 g/mol. The number of carbonyl (C=O) groups excluding carboxylic acids is 1. The Kier molecular flexibility index (Phi) is 7.22. The number of rotatable bonds is 6. The zero-order chi connectivity index (χ0) is 31.4. The van der Waals surface area contributed by atoms with Crippen molar-refractivity contribution >= 4 is 57.0 Å². The van der Waals surface area contributed by atoms with Crippen molar-refractivity contribution in [2.75, 3.05) is 5.32 Å². The maximum Gasteiger partial charge on any atom is 0.272 e. The van der Waals surface area contributed by atoms with Crippen LogP contribution in [0.4, 0.5) is 5.69 Å².